The first-order valence-electron chi connectivity index (χ1n) is 6.69. The second-order valence-electron chi connectivity index (χ2n) is 6.31. The minimum atomic E-state index is -1.79. The highest BCUT2D eigenvalue weighted by Crippen LogP contribution is 2.36. The number of primary amides is 1. The number of amides is 2. The van der Waals surface area contributed by atoms with Gasteiger partial charge in [0.15, 0.2) is 0 Å². The number of nitrogens with one attached hydrogen (secondary N) is 1. The number of carbonyl (C=O) groups is 3. The zero-order valence-electron chi connectivity index (χ0n) is 12.4. The van der Waals surface area contributed by atoms with Crippen LogP contribution in [0.1, 0.15) is 40.0 Å². The lowest BCUT2D eigenvalue weighted by Crippen LogP contribution is -2.56. The number of aliphatic carboxylic acids is 1. The van der Waals surface area contributed by atoms with Gasteiger partial charge in [-0.2, -0.15) is 0 Å². The molecule has 5 N–H and O–H groups in total. The average molecular weight is 302 g/mol. The monoisotopic (exact) mass is 302 g/mol. The fourth-order valence-electron chi connectivity index (χ4n) is 2.35. The van der Waals surface area contributed by atoms with E-state index in [9.17, 15) is 24.6 Å². The number of aliphatic hydroxyl groups is 1. The molecule has 2 amide bonds. The molecule has 0 bridgehead atoms. The van der Waals surface area contributed by atoms with Crippen molar-refractivity contribution in [2.75, 3.05) is 0 Å². The molecule has 0 unspecified atom stereocenters. The molecule has 0 aromatic carbocycles. The molecule has 1 saturated carbocycles. The highest BCUT2D eigenvalue weighted by atomic mass is 16.6. The number of alkyl carbamates (subject to hydrolysis) is 1. The molecular formula is C13H22N2O6. The molecular weight excluding hydrogens is 280 g/mol. The van der Waals surface area contributed by atoms with Gasteiger partial charge in [-0.05, 0) is 33.6 Å². The topological polar surface area (TPSA) is 139 Å². The summed E-state index contributed by atoms with van der Waals surface area (Å²) >= 11 is 0. The van der Waals surface area contributed by atoms with Gasteiger partial charge < -0.3 is 26.0 Å². The number of carboxylic acids is 1. The van der Waals surface area contributed by atoms with Crippen molar-refractivity contribution < 1.29 is 29.3 Å². The van der Waals surface area contributed by atoms with Gasteiger partial charge >= 0.3 is 12.1 Å². The number of hydrogen-bond donors (Lipinski definition) is 4. The van der Waals surface area contributed by atoms with E-state index in [0.717, 1.165) is 0 Å². The fraction of sp³-hybridized carbons (Fsp3) is 0.769. The molecule has 0 radical (unpaired) electrons. The Labute approximate surface area is 122 Å². The number of carbonyl (C=O) groups excluding carboxylic acids is 2. The van der Waals surface area contributed by atoms with Gasteiger partial charge in [-0.3, -0.25) is 9.59 Å². The number of ether oxygens (including phenoxy) is 1. The minimum absolute atomic E-state index is 0.0464. The van der Waals surface area contributed by atoms with Crippen molar-refractivity contribution in [2.45, 2.75) is 57.8 Å². The second-order valence-corrected chi connectivity index (χ2v) is 6.31. The normalized spacial score (nSPS) is 29.5. The molecule has 0 heterocycles. The van der Waals surface area contributed by atoms with E-state index >= 15 is 0 Å². The first kappa shape index (κ1) is 17.2. The maximum Gasteiger partial charge on any atom is 0.407 e. The molecule has 0 aromatic heterocycles. The molecule has 0 aromatic rings. The van der Waals surface area contributed by atoms with Crippen LogP contribution in [0.3, 0.4) is 0 Å². The molecule has 8 heteroatoms. The predicted octanol–water partition coefficient (Wildman–Crippen LogP) is -0.0192. The van der Waals surface area contributed by atoms with E-state index in [0.29, 0.717) is 0 Å². The van der Waals surface area contributed by atoms with Crippen LogP contribution in [0.4, 0.5) is 4.79 Å². The number of carboxylic acid groups (broad SMARTS) is 1. The lowest BCUT2D eigenvalue weighted by molar-refractivity contribution is -0.160. The Morgan fingerprint density at radius 3 is 2.29 bits per heavy atom. The number of rotatable bonds is 3. The number of hydrogen-bond acceptors (Lipinski definition) is 5. The van der Waals surface area contributed by atoms with E-state index in [1.54, 1.807) is 20.8 Å². The van der Waals surface area contributed by atoms with Crippen LogP contribution >= 0.6 is 0 Å². The fourth-order valence-corrected chi connectivity index (χ4v) is 2.35. The van der Waals surface area contributed by atoms with Gasteiger partial charge in [-0.1, -0.05) is 0 Å². The minimum Gasteiger partial charge on any atom is -0.480 e. The largest absolute Gasteiger partial charge is 0.480 e. The van der Waals surface area contributed by atoms with E-state index in [1.807, 2.05) is 0 Å². The molecule has 0 aliphatic heterocycles. The van der Waals surface area contributed by atoms with E-state index in [-0.39, 0.29) is 19.3 Å². The average Bonchev–Trinajstić information content (AvgIpc) is 2.28. The van der Waals surface area contributed by atoms with Gasteiger partial charge in [0.05, 0.1) is 12.1 Å². The van der Waals surface area contributed by atoms with Crippen molar-refractivity contribution in [3.63, 3.8) is 0 Å². The molecule has 1 aliphatic carbocycles. The zero-order valence-corrected chi connectivity index (χ0v) is 12.4. The molecule has 8 nitrogen and oxygen atoms in total. The Kier molecular flexibility index (Phi) is 4.83. The highest BCUT2D eigenvalue weighted by molar-refractivity contribution is 6.01. The van der Waals surface area contributed by atoms with Crippen LogP contribution in [0, 0.1) is 5.41 Å². The maximum absolute atomic E-state index is 11.6. The van der Waals surface area contributed by atoms with Gasteiger partial charge in [0.25, 0.3) is 0 Å². The van der Waals surface area contributed by atoms with Crippen molar-refractivity contribution in [2.24, 2.45) is 11.1 Å². The smallest absolute Gasteiger partial charge is 0.407 e. The molecule has 1 rings (SSSR count). The van der Waals surface area contributed by atoms with Gasteiger partial charge in [-0.25, -0.2) is 4.79 Å². The molecule has 1 fully saturated rings. The van der Waals surface area contributed by atoms with E-state index in [2.05, 4.69) is 5.32 Å². The molecule has 0 spiro atoms. The van der Waals surface area contributed by atoms with Crippen molar-refractivity contribution >= 4 is 18.0 Å². The van der Waals surface area contributed by atoms with Gasteiger partial charge in [-0.15, -0.1) is 0 Å². The maximum atomic E-state index is 11.6. The Hall–Kier alpha value is -1.83. The first-order chi connectivity index (χ1) is 9.48. The summed E-state index contributed by atoms with van der Waals surface area (Å²) in [5.74, 6) is -2.34. The van der Waals surface area contributed by atoms with Crippen LogP contribution in [0.25, 0.3) is 0 Å². The standard InChI is InChI=1S/C13H22N2O6/c1-12(2,3)21-11(20)15-7-4-5-13(9(14)17,10(18)19)6-8(7)16/h7-8,16H,4-6H2,1-3H3,(H2,14,17)(H,15,20)(H,18,19)/t7-,8-,13-/m1/s1. The summed E-state index contributed by atoms with van der Waals surface area (Å²) in [5, 5.41) is 21.7. The third-order valence-electron chi connectivity index (χ3n) is 3.49. The van der Waals surface area contributed by atoms with E-state index < -0.39 is 41.1 Å². The summed E-state index contributed by atoms with van der Waals surface area (Å²) in [6.45, 7) is 5.10. The van der Waals surface area contributed by atoms with Crippen molar-refractivity contribution in [1.29, 1.82) is 0 Å². The summed E-state index contributed by atoms with van der Waals surface area (Å²) in [7, 11) is 0. The molecule has 3 atom stereocenters. The zero-order chi connectivity index (χ0) is 16.4. The third-order valence-corrected chi connectivity index (χ3v) is 3.49. The Morgan fingerprint density at radius 2 is 1.90 bits per heavy atom. The summed E-state index contributed by atoms with van der Waals surface area (Å²) in [5.41, 5.74) is 2.69. The van der Waals surface area contributed by atoms with Crippen LogP contribution < -0.4 is 11.1 Å². The summed E-state index contributed by atoms with van der Waals surface area (Å²) in [4.78, 5) is 34.3. The summed E-state index contributed by atoms with van der Waals surface area (Å²) in [6, 6.07) is -0.674. The van der Waals surface area contributed by atoms with E-state index in [4.69, 9.17) is 10.5 Å². The van der Waals surface area contributed by atoms with E-state index in [1.165, 1.54) is 0 Å². The number of aliphatic hydroxyl groups excluding tert-OH is 1. The van der Waals surface area contributed by atoms with Crippen LogP contribution in [-0.4, -0.2) is 45.9 Å². The molecule has 21 heavy (non-hydrogen) atoms. The third kappa shape index (κ3) is 4.07. The van der Waals surface area contributed by atoms with Crippen molar-refractivity contribution in [3.8, 4) is 0 Å². The lowest BCUT2D eigenvalue weighted by Gasteiger charge is -2.38. The van der Waals surface area contributed by atoms with Crippen molar-refractivity contribution in [1.82, 2.24) is 5.32 Å². The Bertz CT molecular complexity index is 428. The SMILES string of the molecule is CC(C)(C)OC(=O)N[C@@H]1CC[C@@](C(N)=O)(C(=O)O)C[C@H]1O. The van der Waals surface area contributed by atoms with Gasteiger partial charge in [0.1, 0.15) is 11.0 Å². The molecule has 0 saturated heterocycles. The first-order valence-corrected chi connectivity index (χ1v) is 6.69. The Morgan fingerprint density at radius 1 is 1.33 bits per heavy atom. The quantitative estimate of drug-likeness (QED) is 0.540. The van der Waals surface area contributed by atoms with Crippen LogP contribution in [0.15, 0.2) is 0 Å². The molecule has 120 valence electrons. The van der Waals surface area contributed by atoms with Crippen LogP contribution in [0.5, 0.6) is 0 Å². The van der Waals surface area contributed by atoms with Crippen LogP contribution in [-0.2, 0) is 14.3 Å². The van der Waals surface area contributed by atoms with Gasteiger partial charge in [0.2, 0.25) is 5.91 Å². The highest BCUT2D eigenvalue weighted by Gasteiger charge is 2.51. The summed E-state index contributed by atoms with van der Waals surface area (Å²) in [6.07, 6.45) is -2.15. The number of nitrogens with two attached hydrogens (primary N) is 1. The lowest BCUT2D eigenvalue weighted by atomic mass is 9.70. The Balaban J connectivity index is 2.71. The van der Waals surface area contributed by atoms with Gasteiger partial charge in [0, 0.05) is 6.42 Å². The van der Waals surface area contributed by atoms with Crippen LogP contribution in [0.2, 0.25) is 0 Å². The summed E-state index contributed by atoms with van der Waals surface area (Å²) < 4.78 is 5.07. The van der Waals surface area contributed by atoms with Crippen molar-refractivity contribution in [3.05, 3.63) is 0 Å². The predicted molar refractivity (Wildman–Crippen MR) is 72.3 cm³/mol. The second kappa shape index (κ2) is 5.88. The molecule has 1 aliphatic rings.